The highest BCUT2D eigenvalue weighted by atomic mass is 19.2. The van der Waals surface area contributed by atoms with E-state index in [9.17, 15) is 13.2 Å². The molecule has 0 aliphatic heterocycles. The second-order valence-corrected chi connectivity index (χ2v) is 3.72. The van der Waals surface area contributed by atoms with E-state index in [1.54, 1.807) is 0 Å². The molecule has 0 radical (unpaired) electrons. The molecule has 18 heavy (non-hydrogen) atoms. The first-order valence-electron chi connectivity index (χ1n) is 5.33. The lowest BCUT2D eigenvalue weighted by Crippen LogP contribution is -2.19. The van der Waals surface area contributed by atoms with Crippen molar-refractivity contribution in [2.75, 3.05) is 0 Å². The van der Waals surface area contributed by atoms with E-state index in [4.69, 9.17) is 5.73 Å². The number of nitrogens with two attached hydrogens (primary N) is 1. The van der Waals surface area contributed by atoms with E-state index in [1.807, 2.05) is 6.92 Å². The number of aromatic nitrogens is 3. The zero-order valence-electron chi connectivity index (χ0n) is 9.57. The van der Waals surface area contributed by atoms with E-state index in [1.165, 1.54) is 10.9 Å². The summed E-state index contributed by atoms with van der Waals surface area (Å²) in [5.74, 6) is -4.06. The Morgan fingerprint density at radius 3 is 2.67 bits per heavy atom. The molecule has 0 saturated carbocycles. The van der Waals surface area contributed by atoms with Gasteiger partial charge in [0.05, 0.1) is 17.9 Å². The first kappa shape index (κ1) is 12.6. The van der Waals surface area contributed by atoms with Crippen LogP contribution in [0, 0.1) is 17.5 Å². The van der Waals surface area contributed by atoms with Gasteiger partial charge in [-0.25, -0.2) is 17.9 Å². The predicted molar refractivity (Wildman–Crippen MR) is 58.0 cm³/mol. The van der Waals surface area contributed by atoms with Crippen LogP contribution in [0.3, 0.4) is 0 Å². The van der Waals surface area contributed by atoms with Crippen molar-refractivity contribution in [3.63, 3.8) is 0 Å². The van der Waals surface area contributed by atoms with Crippen LogP contribution in [0.1, 0.15) is 24.2 Å². The van der Waals surface area contributed by atoms with Crippen LogP contribution in [-0.4, -0.2) is 15.0 Å². The molecular weight excluding hydrogens is 245 g/mol. The highest BCUT2D eigenvalue weighted by Crippen LogP contribution is 2.24. The molecule has 0 amide bonds. The van der Waals surface area contributed by atoms with E-state index in [2.05, 4.69) is 10.3 Å². The van der Waals surface area contributed by atoms with Gasteiger partial charge in [0.15, 0.2) is 17.5 Å². The molecule has 2 rings (SSSR count). The summed E-state index contributed by atoms with van der Waals surface area (Å²) in [4.78, 5) is 0. The Morgan fingerprint density at radius 1 is 1.28 bits per heavy atom. The third kappa shape index (κ3) is 1.97. The maximum atomic E-state index is 13.6. The molecule has 0 saturated heterocycles. The van der Waals surface area contributed by atoms with Crippen molar-refractivity contribution in [1.82, 2.24) is 15.0 Å². The number of hydrogen-bond donors (Lipinski definition) is 1. The summed E-state index contributed by atoms with van der Waals surface area (Å²) in [6, 6.07) is 1.01. The topological polar surface area (TPSA) is 56.7 Å². The molecule has 0 bridgehead atoms. The molecule has 0 aliphatic carbocycles. The Morgan fingerprint density at radius 2 is 2.00 bits per heavy atom. The number of nitrogens with zero attached hydrogens (tertiary/aromatic N) is 3. The van der Waals surface area contributed by atoms with Crippen molar-refractivity contribution >= 4 is 0 Å². The number of rotatable bonds is 3. The van der Waals surface area contributed by atoms with Gasteiger partial charge in [0, 0.05) is 12.1 Å². The van der Waals surface area contributed by atoms with E-state index in [-0.39, 0.29) is 5.56 Å². The monoisotopic (exact) mass is 256 g/mol. The average molecular weight is 256 g/mol. The molecule has 1 aromatic heterocycles. The molecule has 7 heteroatoms. The molecule has 4 nitrogen and oxygen atoms in total. The molecule has 0 fully saturated rings. The first-order chi connectivity index (χ1) is 8.56. The van der Waals surface area contributed by atoms with Gasteiger partial charge in [-0.15, -0.1) is 5.10 Å². The van der Waals surface area contributed by atoms with Crippen LogP contribution in [-0.2, 0) is 6.54 Å². The minimum Gasteiger partial charge on any atom is -0.319 e. The molecule has 2 N–H and O–H groups in total. The third-order valence-electron chi connectivity index (χ3n) is 2.67. The van der Waals surface area contributed by atoms with Crippen LogP contribution in [0.2, 0.25) is 0 Å². The van der Waals surface area contributed by atoms with Gasteiger partial charge >= 0.3 is 0 Å². The second kappa shape index (κ2) is 4.77. The van der Waals surface area contributed by atoms with Crippen LogP contribution < -0.4 is 5.73 Å². The molecule has 1 aromatic carbocycles. The van der Waals surface area contributed by atoms with E-state index < -0.39 is 23.5 Å². The quantitative estimate of drug-likeness (QED) is 0.851. The molecule has 2 aromatic rings. The summed E-state index contributed by atoms with van der Waals surface area (Å²) < 4.78 is 41.0. The lowest BCUT2D eigenvalue weighted by molar-refractivity contribution is 0.436. The van der Waals surface area contributed by atoms with Gasteiger partial charge in [-0.3, -0.25) is 0 Å². The van der Waals surface area contributed by atoms with Crippen molar-refractivity contribution in [1.29, 1.82) is 0 Å². The minimum absolute atomic E-state index is 0.133. The second-order valence-electron chi connectivity index (χ2n) is 3.72. The summed E-state index contributed by atoms with van der Waals surface area (Å²) in [6.45, 7) is 2.31. The maximum absolute atomic E-state index is 13.6. The van der Waals surface area contributed by atoms with Gasteiger partial charge in [-0.1, -0.05) is 11.3 Å². The highest BCUT2D eigenvalue weighted by Gasteiger charge is 2.22. The molecular formula is C11H11F3N4. The Labute approximate surface area is 101 Å². The van der Waals surface area contributed by atoms with E-state index in [0.29, 0.717) is 12.2 Å². The normalized spacial score (nSPS) is 12.7. The summed E-state index contributed by atoms with van der Waals surface area (Å²) in [5.41, 5.74) is 6.13. The lowest BCUT2D eigenvalue weighted by Gasteiger charge is -2.14. The summed E-state index contributed by atoms with van der Waals surface area (Å²) >= 11 is 0. The standard InChI is InChI=1S/C11H11F3N4/c1-2-18-8(5-16-17-18)11(15)6-3-4-7(12)10(14)9(6)13/h3-5,11H,2,15H2,1H3. The predicted octanol–water partition coefficient (Wildman–Crippen LogP) is 1.76. The number of hydrogen-bond acceptors (Lipinski definition) is 3. The zero-order chi connectivity index (χ0) is 13.3. The fourth-order valence-corrected chi connectivity index (χ4v) is 1.69. The molecule has 1 unspecified atom stereocenters. The van der Waals surface area contributed by atoms with Crippen molar-refractivity contribution in [3.8, 4) is 0 Å². The first-order valence-corrected chi connectivity index (χ1v) is 5.33. The van der Waals surface area contributed by atoms with Crippen molar-refractivity contribution in [2.45, 2.75) is 19.5 Å². The van der Waals surface area contributed by atoms with E-state index >= 15 is 0 Å². The molecule has 0 spiro atoms. The van der Waals surface area contributed by atoms with Gasteiger partial charge in [0.2, 0.25) is 0 Å². The van der Waals surface area contributed by atoms with Crippen LogP contribution in [0.5, 0.6) is 0 Å². The van der Waals surface area contributed by atoms with E-state index in [0.717, 1.165) is 12.1 Å². The van der Waals surface area contributed by atoms with Crippen LogP contribution in [0.25, 0.3) is 0 Å². The van der Waals surface area contributed by atoms with Crippen LogP contribution >= 0.6 is 0 Å². The summed E-state index contributed by atoms with van der Waals surface area (Å²) in [6.07, 6.45) is 1.37. The Balaban J connectivity index is 2.46. The molecule has 1 atom stereocenters. The number of benzene rings is 1. The molecule has 96 valence electrons. The maximum Gasteiger partial charge on any atom is 0.194 e. The fraction of sp³-hybridized carbons (Fsp3) is 0.273. The smallest absolute Gasteiger partial charge is 0.194 e. The fourth-order valence-electron chi connectivity index (χ4n) is 1.69. The average Bonchev–Trinajstić information content (AvgIpc) is 2.83. The van der Waals surface area contributed by atoms with Crippen LogP contribution in [0.15, 0.2) is 18.3 Å². The van der Waals surface area contributed by atoms with Crippen LogP contribution in [0.4, 0.5) is 13.2 Å². The largest absolute Gasteiger partial charge is 0.319 e. The van der Waals surface area contributed by atoms with Crippen molar-refractivity contribution in [2.24, 2.45) is 5.73 Å². The highest BCUT2D eigenvalue weighted by molar-refractivity contribution is 5.29. The number of halogens is 3. The Kier molecular flexibility index (Phi) is 3.33. The van der Waals surface area contributed by atoms with Gasteiger partial charge in [-0.05, 0) is 13.0 Å². The Bertz CT molecular complexity index is 567. The number of aryl methyl sites for hydroxylation is 1. The minimum atomic E-state index is -1.53. The van der Waals surface area contributed by atoms with Gasteiger partial charge in [0.25, 0.3) is 0 Å². The summed E-state index contributed by atoms with van der Waals surface area (Å²) in [5, 5.41) is 7.40. The Hall–Kier alpha value is -1.89. The van der Waals surface area contributed by atoms with Gasteiger partial charge in [-0.2, -0.15) is 0 Å². The molecule has 1 heterocycles. The van der Waals surface area contributed by atoms with Crippen molar-refractivity contribution in [3.05, 3.63) is 47.0 Å². The van der Waals surface area contributed by atoms with Crippen molar-refractivity contribution < 1.29 is 13.2 Å². The molecule has 0 aliphatic rings. The van der Waals surface area contributed by atoms with Gasteiger partial charge in [0.1, 0.15) is 0 Å². The van der Waals surface area contributed by atoms with Gasteiger partial charge < -0.3 is 5.73 Å². The SMILES string of the molecule is CCn1nncc1C(N)c1ccc(F)c(F)c1F. The summed E-state index contributed by atoms with van der Waals surface area (Å²) in [7, 11) is 0. The lowest BCUT2D eigenvalue weighted by atomic mass is 10.0. The third-order valence-corrected chi connectivity index (χ3v) is 2.67. The zero-order valence-corrected chi connectivity index (χ0v) is 9.57.